The molecular weight excluding hydrogens is 340 g/mol. The minimum absolute atomic E-state index is 0.0502. The van der Waals surface area contributed by atoms with E-state index in [1.165, 1.54) is 23.1 Å². The Kier molecular flexibility index (Phi) is 5.10. The summed E-state index contributed by atoms with van der Waals surface area (Å²) in [5.74, 6) is 0.0502. The number of thioether (sulfide) groups is 1. The molecule has 1 aromatic carbocycles. The van der Waals surface area contributed by atoms with Gasteiger partial charge in [0.25, 0.3) is 0 Å². The van der Waals surface area contributed by atoms with Gasteiger partial charge < -0.3 is 10.6 Å². The van der Waals surface area contributed by atoms with Gasteiger partial charge in [-0.15, -0.1) is 10.2 Å². The Morgan fingerprint density at radius 2 is 1.96 bits per heavy atom. The maximum absolute atomic E-state index is 12.6. The van der Waals surface area contributed by atoms with Gasteiger partial charge in [-0.05, 0) is 39.2 Å². The van der Waals surface area contributed by atoms with Crippen LogP contribution in [0.15, 0.2) is 34.7 Å². The first-order chi connectivity index (χ1) is 11.4. The summed E-state index contributed by atoms with van der Waals surface area (Å²) in [7, 11) is 0. The van der Waals surface area contributed by atoms with E-state index in [0.29, 0.717) is 6.04 Å². The number of nitrogens with one attached hydrogen (secondary N) is 2. The van der Waals surface area contributed by atoms with Gasteiger partial charge in [-0.2, -0.15) is 0 Å². The van der Waals surface area contributed by atoms with E-state index in [0.717, 1.165) is 27.9 Å². The molecule has 3 rings (SSSR count). The first-order valence-corrected chi connectivity index (χ1v) is 9.74. The van der Waals surface area contributed by atoms with Crippen LogP contribution in [0.1, 0.15) is 44.4 Å². The van der Waals surface area contributed by atoms with Crippen molar-refractivity contribution in [2.45, 2.75) is 54.8 Å². The lowest BCUT2D eigenvalue weighted by molar-refractivity contribution is -0.120. The molecule has 5 nitrogen and oxygen atoms in total. The number of anilines is 1. The third kappa shape index (κ3) is 4.95. The lowest BCUT2D eigenvalue weighted by Gasteiger charge is -2.18. The van der Waals surface area contributed by atoms with Crippen LogP contribution in [0, 0.1) is 0 Å². The van der Waals surface area contributed by atoms with Gasteiger partial charge in [0.1, 0.15) is 5.25 Å². The van der Waals surface area contributed by atoms with Crippen LogP contribution in [0.3, 0.4) is 0 Å². The van der Waals surface area contributed by atoms with Gasteiger partial charge in [0, 0.05) is 11.6 Å². The minimum atomic E-state index is -0.303. The first kappa shape index (κ1) is 17.2. The molecule has 0 aliphatic heterocycles. The Hall–Kier alpha value is -1.60. The fourth-order valence-corrected chi connectivity index (χ4v) is 4.30. The highest BCUT2D eigenvalue weighted by Gasteiger charge is 2.30. The molecule has 0 spiro atoms. The fourth-order valence-electron chi connectivity index (χ4n) is 2.13. The Labute approximate surface area is 150 Å². The molecule has 7 heteroatoms. The predicted octanol–water partition coefficient (Wildman–Crippen LogP) is 3.86. The normalized spacial score (nSPS) is 15.8. The number of amides is 1. The number of carbonyl (C=O) groups is 1. The summed E-state index contributed by atoms with van der Waals surface area (Å²) in [5, 5.41) is 15.3. The van der Waals surface area contributed by atoms with Crippen LogP contribution in [0.2, 0.25) is 0 Å². The molecule has 0 bridgehead atoms. The molecular formula is C17H22N4OS2. The van der Waals surface area contributed by atoms with E-state index < -0.39 is 0 Å². The van der Waals surface area contributed by atoms with Crippen LogP contribution < -0.4 is 10.6 Å². The second-order valence-electron chi connectivity index (χ2n) is 6.94. The van der Waals surface area contributed by atoms with E-state index in [9.17, 15) is 4.79 Å². The summed E-state index contributed by atoms with van der Waals surface area (Å²) in [4.78, 5) is 12.6. The van der Waals surface area contributed by atoms with E-state index in [1.807, 2.05) is 30.3 Å². The SMILES string of the molecule is CC(C)(C)Nc1nnc(S[C@@H](C(=O)NC2CC2)c2ccccc2)s1. The third-order valence-electron chi connectivity index (χ3n) is 3.37. The van der Waals surface area contributed by atoms with E-state index in [2.05, 4.69) is 41.6 Å². The Balaban J connectivity index is 1.75. The number of rotatable bonds is 6. The summed E-state index contributed by atoms with van der Waals surface area (Å²) in [6.45, 7) is 6.24. The smallest absolute Gasteiger partial charge is 0.238 e. The van der Waals surface area contributed by atoms with Gasteiger partial charge >= 0.3 is 0 Å². The van der Waals surface area contributed by atoms with Gasteiger partial charge in [0.15, 0.2) is 4.34 Å². The Morgan fingerprint density at radius 3 is 2.58 bits per heavy atom. The predicted molar refractivity (Wildman–Crippen MR) is 99.5 cm³/mol. The zero-order valence-corrected chi connectivity index (χ0v) is 15.7. The van der Waals surface area contributed by atoms with Gasteiger partial charge in [0.05, 0.1) is 0 Å². The first-order valence-electron chi connectivity index (χ1n) is 8.04. The summed E-state index contributed by atoms with van der Waals surface area (Å²) in [6.07, 6.45) is 2.16. The number of hydrogen-bond donors (Lipinski definition) is 2. The van der Waals surface area contributed by atoms with Crippen molar-refractivity contribution in [1.29, 1.82) is 0 Å². The summed E-state index contributed by atoms with van der Waals surface area (Å²) in [5.41, 5.74) is 0.921. The minimum Gasteiger partial charge on any atom is -0.355 e. The zero-order valence-electron chi connectivity index (χ0n) is 14.1. The van der Waals surface area contributed by atoms with Crippen molar-refractivity contribution in [3.8, 4) is 0 Å². The molecule has 2 N–H and O–H groups in total. The van der Waals surface area contributed by atoms with E-state index >= 15 is 0 Å². The van der Waals surface area contributed by atoms with Gasteiger partial charge in [-0.1, -0.05) is 53.4 Å². The average Bonchev–Trinajstić information content (AvgIpc) is 3.22. The standard InChI is InChI=1S/C17H22N4OS2/c1-17(2,3)19-15-20-21-16(24-15)23-13(11-7-5-4-6-8-11)14(22)18-12-9-10-12/h4-8,12-13H,9-10H2,1-3H3,(H,18,22)(H,19,20)/t13-/m1/s1. The number of benzene rings is 1. The maximum Gasteiger partial charge on any atom is 0.238 e. The quantitative estimate of drug-likeness (QED) is 0.764. The number of carbonyl (C=O) groups excluding carboxylic acids is 1. The van der Waals surface area contributed by atoms with Crippen LogP contribution in [0.25, 0.3) is 0 Å². The van der Waals surface area contributed by atoms with Gasteiger partial charge in [-0.25, -0.2) is 0 Å². The molecule has 24 heavy (non-hydrogen) atoms. The molecule has 128 valence electrons. The largest absolute Gasteiger partial charge is 0.355 e. The summed E-state index contributed by atoms with van der Waals surface area (Å²) >= 11 is 2.94. The highest BCUT2D eigenvalue weighted by atomic mass is 32.2. The molecule has 1 saturated carbocycles. The average molecular weight is 363 g/mol. The van der Waals surface area contributed by atoms with Gasteiger partial charge in [0.2, 0.25) is 11.0 Å². The molecule has 1 fully saturated rings. The Bertz CT molecular complexity index is 692. The van der Waals surface area contributed by atoms with Crippen molar-refractivity contribution < 1.29 is 4.79 Å². The van der Waals surface area contributed by atoms with E-state index in [-0.39, 0.29) is 16.7 Å². The maximum atomic E-state index is 12.6. The second-order valence-corrected chi connectivity index (χ2v) is 9.27. The lowest BCUT2D eigenvalue weighted by atomic mass is 10.1. The summed E-state index contributed by atoms with van der Waals surface area (Å²) in [6, 6.07) is 10.2. The van der Waals surface area contributed by atoms with Crippen molar-refractivity contribution in [3.63, 3.8) is 0 Å². The molecule has 1 atom stereocenters. The Morgan fingerprint density at radius 1 is 1.25 bits per heavy atom. The van der Waals surface area contributed by atoms with Crippen LogP contribution in [0.4, 0.5) is 5.13 Å². The molecule has 1 aliphatic carbocycles. The van der Waals surface area contributed by atoms with Crippen LogP contribution in [0.5, 0.6) is 0 Å². The molecule has 2 aromatic rings. The fraction of sp³-hybridized carbons (Fsp3) is 0.471. The monoisotopic (exact) mass is 362 g/mol. The van der Waals surface area contributed by atoms with E-state index in [4.69, 9.17) is 0 Å². The van der Waals surface area contributed by atoms with Crippen molar-refractivity contribution in [1.82, 2.24) is 15.5 Å². The van der Waals surface area contributed by atoms with Crippen molar-refractivity contribution in [2.75, 3.05) is 5.32 Å². The van der Waals surface area contributed by atoms with Crippen LogP contribution in [-0.4, -0.2) is 27.7 Å². The number of nitrogens with zero attached hydrogens (tertiary/aromatic N) is 2. The highest BCUT2D eigenvalue weighted by Crippen LogP contribution is 2.39. The second kappa shape index (κ2) is 7.11. The molecule has 1 amide bonds. The van der Waals surface area contributed by atoms with Crippen LogP contribution >= 0.6 is 23.1 Å². The van der Waals surface area contributed by atoms with Crippen molar-refractivity contribution in [2.24, 2.45) is 0 Å². The van der Waals surface area contributed by atoms with Crippen molar-refractivity contribution >= 4 is 34.1 Å². The third-order valence-corrected chi connectivity index (χ3v) is 5.55. The molecule has 1 aromatic heterocycles. The lowest BCUT2D eigenvalue weighted by Crippen LogP contribution is -2.29. The number of aromatic nitrogens is 2. The molecule has 1 heterocycles. The molecule has 0 unspecified atom stereocenters. The van der Waals surface area contributed by atoms with Crippen molar-refractivity contribution in [3.05, 3.63) is 35.9 Å². The van der Waals surface area contributed by atoms with E-state index in [1.54, 1.807) is 0 Å². The topological polar surface area (TPSA) is 66.9 Å². The van der Waals surface area contributed by atoms with Crippen LogP contribution in [-0.2, 0) is 4.79 Å². The van der Waals surface area contributed by atoms with Gasteiger partial charge in [-0.3, -0.25) is 4.79 Å². The molecule has 1 aliphatic rings. The summed E-state index contributed by atoms with van der Waals surface area (Å²) < 4.78 is 0.793. The molecule has 0 saturated heterocycles. The zero-order chi connectivity index (χ0) is 17.2. The molecule has 0 radical (unpaired) electrons. The number of hydrogen-bond acceptors (Lipinski definition) is 6. The highest BCUT2D eigenvalue weighted by molar-refractivity contribution is 8.01.